The first kappa shape index (κ1) is 27.4. The number of sulfone groups is 1. The van der Waals surface area contributed by atoms with Crippen LogP contribution in [0.2, 0.25) is 5.02 Å². The molecule has 0 saturated carbocycles. The summed E-state index contributed by atoms with van der Waals surface area (Å²) in [6, 6.07) is 16.4. The Balaban J connectivity index is 1.65. The Bertz CT molecular complexity index is 1680. The van der Waals surface area contributed by atoms with Gasteiger partial charge in [0.2, 0.25) is 0 Å². The Kier molecular flexibility index (Phi) is 7.96. The van der Waals surface area contributed by atoms with Crippen molar-refractivity contribution in [1.82, 2.24) is 4.98 Å². The van der Waals surface area contributed by atoms with Gasteiger partial charge in [-0.1, -0.05) is 35.9 Å². The maximum atomic E-state index is 15.1. The summed E-state index contributed by atoms with van der Waals surface area (Å²) in [5.74, 6) is -2.01. The molecule has 0 atom stereocenters. The van der Waals surface area contributed by atoms with Crippen molar-refractivity contribution in [3.63, 3.8) is 0 Å². The van der Waals surface area contributed by atoms with E-state index < -0.39 is 27.5 Å². The number of anilines is 2. The number of aromatic nitrogens is 1. The zero-order chi connectivity index (χ0) is 27.6. The molecule has 0 aliphatic heterocycles. The summed E-state index contributed by atoms with van der Waals surface area (Å²) in [4.78, 5) is 30.2. The number of amides is 2. The first-order valence-corrected chi connectivity index (χ1v) is 14.1. The topological polar surface area (TPSA) is 105 Å². The molecular formula is C27H20BrClFN3O4S. The molecule has 11 heteroatoms. The SMILES string of the molecule is Cc1cc(Cl)c(NC(=O)c2ccc(-c3ccccc3S(C)(=O)=O)cc2F)c(C(=O)Nc2ccc(Br)cn2)c1. The average molecular weight is 617 g/mol. The first-order valence-electron chi connectivity index (χ1n) is 11.1. The molecule has 0 radical (unpaired) electrons. The van der Waals surface area contributed by atoms with E-state index in [0.29, 0.717) is 11.1 Å². The van der Waals surface area contributed by atoms with Crippen LogP contribution in [-0.2, 0) is 9.84 Å². The highest BCUT2D eigenvalue weighted by atomic mass is 79.9. The lowest BCUT2D eigenvalue weighted by Crippen LogP contribution is -2.20. The number of nitrogens with zero attached hydrogens (tertiary/aromatic N) is 1. The molecule has 1 heterocycles. The maximum Gasteiger partial charge on any atom is 0.258 e. The number of aryl methyl sites for hydroxylation is 1. The summed E-state index contributed by atoms with van der Waals surface area (Å²) in [6.07, 6.45) is 2.58. The Hall–Kier alpha value is -3.60. The van der Waals surface area contributed by atoms with Gasteiger partial charge in [-0.25, -0.2) is 17.8 Å². The lowest BCUT2D eigenvalue weighted by molar-refractivity contribution is 0.102. The van der Waals surface area contributed by atoms with Crippen LogP contribution in [-0.4, -0.2) is 31.5 Å². The zero-order valence-electron chi connectivity index (χ0n) is 20.1. The third-order valence-corrected chi connectivity index (χ3v) is 7.42. The van der Waals surface area contributed by atoms with Crippen LogP contribution in [0, 0.1) is 12.7 Å². The van der Waals surface area contributed by atoms with E-state index in [2.05, 4.69) is 31.5 Å². The van der Waals surface area contributed by atoms with Crippen LogP contribution in [0.15, 0.2) is 82.3 Å². The number of hydrogen-bond acceptors (Lipinski definition) is 5. The van der Waals surface area contributed by atoms with Crippen LogP contribution in [0.1, 0.15) is 26.3 Å². The Morgan fingerprint density at radius 2 is 1.66 bits per heavy atom. The summed E-state index contributed by atoms with van der Waals surface area (Å²) in [7, 11) is -3.57. The second-order valence-corrected chi connectivity index (χ2v) is 11.7. The molecule has 38 heavy (non-hydrogen) atoms. The fourth-order valence-corrected chi connectivity index (χ4v) is 5.22. The average Bonchev–Trinajstić information content (AvgIpc) is 2.86. The van der Waals surface area contributed by atoms with Crippen LogP contribution in [0.25, 0.3) is 11.1 Å². The van der Waals surface area contributed by atoms with Gasteiger partial charge in [-0.15, -0.1) is 0 Å². The number of carbonyl (C=O) groups is 2. The van der Waals surface area contributed by atoms with E-state index in [1.807, 2.05) is 0 Å². The monoisotopic (exact) mass is 615 g/mol. The van der Waals surface area contributed by atoms with Gasteiger partial charge in [0.15, 0.2) is 9.84 Å². The van der Waals surface area contributed by atoms with Crippen molar-refractivity contribution in [2.24, 2.45) is 0 Å². The number of benzene rings is 3. The molecular weight excluding hydrogens is 597 g/mol. The van der Waals surface area contributed by atoms with Gasteiger partial charge in [0.25, 0.3) is 11.8 Å². The van der Waals surface area contributed by atoms with E-state index in [4.69, 9.17) is 11.6 Å². The van der Waals surface area contributed by atoms with Crippen LogP contribution < -0.4 is 10.6 Å². The van der Waals surface area contributed by atoms with Gasteiger partial charge in [0, 0.05) is 22.5 Å². The lowest BCUT2D eigenvalue weighted by Gasteiger charge is -2.15. The summed E-state index contributed by atoms with van der Waals surface area (Å²) in [6.45, 7) is 1.73. The quantitative estimate of drug-likeness (QED) is 0.257. The summed E-state index contributed by atoms with van der Waals surface area (Å²) < 4.78 is 40.2. The standard InChI is InChI=1S/C27H20BrClFN3O4S/c1-15-11-20(27(35)32-24-10-8-17(28)14-31-24)25(21(29)12-15)33-26(34)19-9-7-16(13-22(19)30)18-5-3-4-6-23(18)38(2,36)37/h3-14H,1-2H3,(H,33,34)(H,31,32,35). The fourth-order valence-electron chi connectivity index (χ4n) is 3.76. The number of pyridine rings is 1. The molecule has 0 unspecified atom stereocenters. The van der Waals surface area contributed by atoms with Gasteiger partial charge in [-0.05, 0) is 76.4 Å². The number of rotatable bonds is 6. The molecule has 0 bridgehead atoms. The van der Waals surface area contributed by atoms with E-state index in [9.17, 15) is 18.0 Å². The lowest BCUT2D eigenvalue weighted by atomic mass is 10.0. The highest BCUT2D eigenvalue weighted by Gasteiger charge is 2.22. The molecule has 194 valence electrons. The highest BCUT2D eigenvalue weighted by molar-refractivity contribution is 9.10. The van der Waals surface area contributed by atoms with E-state index in [0.717, 1.165) is 16.8 Å². The maximum absolute atomic E-state index is 15.1. The van der Waals surface area contributed by atoms with Crippen LogP contribution >= 0.6 is 27.5 Å². The predicted molar refractivity (Wildman–Crippen MR) is 149 cm³/mol. The van der Waals surface area contributed by atoms with Gasteiger partial charge >= 0.3 is 0 Å². The number of hydrogen-bond donors (Lipinski definition) is 2. The van der Waals surface area contributed by atoms with E-state index in [1.54, 1.807) is 43.3 Å². The number of carbonyl (C=O) groups excluding carboxylic acids is 2. The molecule has 1 aromatic heterocycles. The largest absolute Gasteiger partial charge is 0.320 e. The van der Waals surface area contributed by atoms with Crippen molar-refractivity contribution >= 4 is 60.7 Å². The molecule has 0 aliphatic rings. The molecule has 0 spiro atoms. The minimum Gasteiger partial charge on any atom is -0.320 e. The first-order chi connectivity index (χ1) is 17.9. The van der Waals surface area contributed by atoms with Gasteiger partial charge < -0.3 is 10.6 Å². The number of nitrogens with one attached hydrogen (secondary N) is 2. The van der Waals surface area contributed by atoms with E-state index in [1.165, 1.54) is 30.5 Å². The van der Waals surface area contributed by atoms with Crippen LogP contribution in [0.3, 0.4) is 0 Å². The molecule has 0 fully saturated rings. The Morgan fingerprint density at radius 1 is 0.947 bits per heavy atom. The molecule has 7 nitrogen and oxygen atoms in total. The molecule has 4 rings (SSSR count). The Labute approximate surface area is 232 Å². The van der Waals surface area contributed by atoms with Crippen LogP contribution in [0.4, 0.5) is 15.9 Å². The van der Waals surface area contributed by atoms with Gasteiger partial charge in [0.05, 0.1) is 26.7 Å². The second kappa shape index (κ2) is 11.0. The van der Waals surface area contributed by atoms with Crippen molar-refractivity contribution in [2.75, 3.05) is 16.9 Å². The minimum atomic E-state index is -3.57. The third-order valence-electron chi connectivity index (χ3n) is 5.50. The third kappa shape index (κ3) is 6.09. The molecule has 0 aliphatic carbocycles. The smallest absolute Gasteiger partial charge is 0.258 e. The molecule has 0 saturated heterocycles. The van der Waals surface area contributed by atoms with Gasteiger partial charge in [-0.2, -0.15) is 0 Å². The normalized spacial score (nSPS) is 11.2. The number of halogens is 3. The van der Waals surface area contributed by atoms with Crippen LogP contribution in [0.5, 0.6) is 0 Å². The molecule has 4 aromatic rings. The summed E-state index contributed by atoms with van der Waals surface area (Å²) in [5.41, 5.74) is 1.01. The Morgan fingerprint density at radius 3 is 2.32 bits per heavy atom. The highest BCUT2D eigenvalue weighted by Crippen LogP contribution is 2.31. The van der Waals surface area contributed by atoms with Gasteiger partial charge in [0.1, 0.15) is 11.6 Å². The van der Waals surface area contributed by atoms with Crippen molar-refractivity contribution in [1.29, 1.82) is 0 Å². The van der Waals surface area contributed by atoms with E-state index >= 15 is 4.39 Å². The zero-order valence-corrected chi connectivity index (χ0v) is 23.2. The molecule has 2 amide bonds. The van der Waals surface area contributed by atoms with Crippen molar-refractivity contribution in [3.8, 4) is 11.1 Å². The fraction of sp³-hybridized carbons (Fsp3) is 0.0741. The minimum absolute atomic E-state index is 0.00257. The summed E-state index contributed by atoms with van der Waals surface area (Å²) in [5, 5.41) is 5.27. The predicted octanol–water partition coefficient (Wildman–Crippen LogP) is 6.52. The van der Waals surface area contributed by atoms with Gasteiger partial charge in [-0.3, -0.25) is 9.59 Å². The van der Waals surface area contributed by atoms with Crippen molar-refractivity contribution in [3.05, 3.63) is 105 Å². The van der Waals surface area contributed by atoms with E-state index in [-0.39, 0.29) is 38.1 Å². The van der Waals surface area contributed by atoms with Crippen molar-refractivity contribution < 1.29 is 22.4 Å². The molecule has 2 N–H and O–H groups in total. The van der Waals surface area contributed by atoms with Crippen molar-refractivity contribution in [2.45, 2.75) is 11.8 Å². The molecule has 3 aromatic carbocycles. The second-order valence-electron chi connectivity index (χ2n) is 8.40. The summed E-state index contributed by atoms with van der Waals surface area (Å²) >= 11 is 9.65.